The topological polar surface area (TPSA) is 15.3 Å². The molecule has 0 heterocycles. The van der Waals surface area contributed by atoms with Crippen LogP contribution in [0.25, 0.3) is 10.8 Å². The predicted octanol–water partition coefficient (Wildman–Crippen LogP) is 3.30. The Balaban J connectivity index is 2.16. The molecule has 0 amide bonds. The molecule has 0 aliphatic carbocycles. The third kappa shape index (κ3) is 3.74. The Morgan fingerprint density at radius 1 is 1.05 bits per heavy atom. The molecule has 108 valence electrons. The van der Waals surface area contributed by atoms with Crippen LogP contribution in [0.5, 0.6) is 0 Å². The van der Waals surface area contributed by atoms with E-state index in [1.807, 2.05) is 19.2 Å². The number of fused-ring (bicyclic) bond motifs is 1. The van der Waals surface area contributed by atoms with Crippen LogP contribution in [-0.4, -0.2) is 38.5 Å². The number of halogens is 2. The van der Waals surface area contributed by atoms with E-state index in [0.717, 1.165) is 5.56 Å². The van der Waals surface area contributed by atoms with Crippen LogP contribution < -0.4 is 5.32 Å². The van der Waals surface area contributed by atoms with Gasteiger partial charge in [-0.3, -0.25) is 4.90 Å². The first kappa shape index (κ1) is 14.9. The number of hydrogen-bond acceptors (Lipinski definition) is 2. The molecule has 2 aromatic rings. The summed E-state index contributed by atoms with van der Waals surface area (Å²) in [6.45, 7) is 0.352. The molecule has 1 unspecified atom stereocenters. The lowest BCUT2D eigenvalue weighted by molar-refractivity contribution is 0.0963. The van der Waals surface area contributed by atoms with E-state index in [1.165, 1.54) is 10.8 Å². The molecule has 0 aliphatic rings. The van der Waals surface area contributed by atoms with Crippen LogP contribution in [0, 0.1) is 0 Å². The maximum absolute atomic E-state index is 12.4. The molecule has 0 radical (unpaired) electrons. The van der Waals surface area contributed by atoms with Crippen LogP contribution >= 0.6 is 0 Å². The molecule has 1 N–H and O–H groups in total. The summed E-state index contributed by atoms with van der Waals surface area (Å²) in [6, 6.07) is 14.4. The smallest absolute Gasteiger partial charge is 0.251 e. The van der Waals surface area contributed by atoms with Gasteiger partial charge < -0.3 is 5.32 Å². The molecular weight excluding hydrogens is 258 g/mol. The van der Waals surface area contributed by atoms with E-state index >= 15 is 0 Å². The average Bonchev–Trinajstić information content (AvgIpc) is 2.43. The van der Waals surface area contributed by atoms with Gasteiger partial charge in [0.2, 0.25) is 0 Å². The molecule has 20 heavy (non-hydrogen) atoms. The zero-order valence-corrected chi connectivity index (χ0v) is 11.8. The quantitative estimate of drug-likeness (QED) is 0.872. The Kier molecular flexibility index (Phi) is 5.04. The van der Waals surface area contributed by atoms with Crippen LogP contribution in [0.4, 0.5) is 8.78 Å². The molecule has 4 heteroatoms. The van der Waals surface area contributed by atoms with Crippen molar-refractivity contribution in [3.05, 3.63) is 48.0 Å². The second-order valence-corrected chi connectivity index (χ2v) is 5.06. The first-order valence-electron chi connectivity index (χ1n) is 6.73. The lowest BCUT2D eigenvalue weighted by Gasteiger charge is -2.24. The van der Waals surface area contributed by atoms with Crippen LogP contribution in [-0.2, 0) is 0 Å². The van der Waals surface area contributed by atoms with E-state index < -0.39 is 6.43 Å². The molecule has 0 aromatic heterocycles. The normalized spacial score (nSPS) is 13.3. The van der Waals surface area contributed by atoms with E-state index in [4.69, 9.17) is 0 Å². The maximum atomic E-state index is 12.4. The van der Waals surface area contributed by atoms with Crippen LogP contribution in [0.15, 0.2) is 42.5 Å². The first-order chi connectivity index (χ1) is 9.60. The van der Waals surface area contributed by atoms with Crippen molar-refractivity contribution in [2.75, 3.05) is 27.2 Å². The van der Waals surface area contributed by atoms with Gasteiger partial charge in [-0.05, 0) is 36.5 Å². The number of nitrogens with zero attached hydrogens (tertiary/aromatic N) is 1. The van der Waals surface area contributed by atoms with Crippen molar-refractivity contribution in [2.45, 2.75) is 12.5 Å². The highest BCUT2D eigenvalue weighted by Gasteiger charge is 2.15. The molecule has 2 aromatic carbocycles. The number of nitrogens with one attached hydrogen (secondary N) is 1. The summed E-state index contributed by atoms with van der Waals surface area (Å²) < 4.78 is 24.8. The van der Waals surface area contributed by atoms with E-state index in [0.29, 0.717) is 6.54 Å². The molecule has 0 saturated carbocycles. The standard InChI is InChI=1S/C16H20F2N2/c1-19-15(10-20(2)11-16(17)18)14-8-7-12-5-3-4-6-13(12)9-14/h3-9,15-16,19H,10-11H2,1-2H3. The Morgan fingerprint density at radius 3 is 2.40 bits per heavy atom. The van der Waals surface area contributed by atoms with Crippen molar-refractivity contribution in [1.82, 2.24) is 10.2 Å². The SMILES string of the molecule is CNC(CN(C)CC(F)F)c1ccc2ccccc2c1. The second-order valence-electron chi connectivity index (χ2n) is 5.06. The molecule has 0 aliphatic heterocycles. The monoisotopic (exact) mass is 278 g/mol. The van der Waals surface area contributed by atoms with Gasteiger partial charge in [-0.2, -0.15) is 0 Å². The summed E-state index contributed by atoms with van der Waals surface area (Å²) in [5.74, 6) is 0. The van der Waals surface area contributed by atoms with Crippen LogP contribution in [0.3, 0.4) is 0 Å². The number of alkyl halides is 2. The minimum atomic E-state index is -2.30. The number of hydrogen-bond donors (Lipinski definition) is 1. The van der Waals surface area contributed by atoms with Gasteiger partial charge in [0, 0.05) is 12.6 Å². The minimum absolute atomic E-state index is 0.0448. The van der Waals surface area contributed by atoms with Crippen molar-refractivity contribution in [2.24, 2.45) is 0 Å². The summed E-state index contributed by atoms with van der Waals surface area (Å²) >= 11 is 0. The lowest BCUT2D eigenvalue weighted by atomic mass is 10.0. The number of benzene rings is 2. The highest BCUT2D eigenvalue weighted by atomic mass is 19.3. The third-order valence-corrected chi connectivity index (χ3v) is 3.47. The summed E-state index contributed by atoms with van der Waals surface area (Å²) in [7, 11) is 3.58. The molecule has 0 spiro atoms. The van der Waals surface area contributed by atoms with Crippen LogP contribution in [0.1, 0.15) is 11.6 Å². The van der Waals surface area contributed by atoms with Gasteiger partial charge in [0.15, 0.2) is 0 Å². The Bertz CT molecular complexity index is 557. The molecule has 0 bridgehead atoms. The fraction of sp³-hybridized carbons (Fsp3) is 0.375. The Morgan fingerprint density at radius 2 is 1.75 bits per heavy atom. The molecule has 1 atom stereocenters. The summed E-state index contributed by atoms with van der Waals surface area (Å²) in [5, 5.41) is 5.56. The number of rotatable bonds is 6. The molecule has 0 saturated heterocycles. The van der Waals surface area contributed by atoms with Gasteiger partial charge in [-0.25, -0.2) is 8.78 Å². The van der Waals surface area contributed by atoms with E-state index in [2.05, 4.69) is 35.6 Å². The highest BCUT2D eigenvalue weighted by Crippen LogP contribution is 2.21. The highest BCUT2D eigenvalue weighted by molar-refractivity contribution is 5.83. The first-order valence-corrected chi connectivity index (χ1v) is 6.73. The molecular formula is C16H20F2N2. The minimum Gasteiger partial charge on any atom is -0.312 e. The van der Waals surface area contributed by atoms with Crippen molar-refractivity contribution >= 4 is 10.8 Å². The summed E-state index contributed by atoms with van der Waals surface area (Å²) in [5.41, 5.74) is 1.12. The summed E-state index contributed by atoms with van der Waals surface area (Å²) in [6.07, 6.45) is -2.30. The van der Waals surface area contributed by atoms with Gasteiger partial charge in [-0.15, -0.1) is 0 Å². The second kappa shape index (κ2) is 6.77. The van der Waals surface area contributed by atoms with Gasteiger partial charge in [0.25, 0.3) is 6.43 Å². The van der Waals surface area contributed by atoms with E-state index in [1.54, 1.807) is 11.9 Å². The Labute approximate surface area is 118 Å². The predicted molar refractivity (Wildman–Crippen MR) is 79.2 cm³/mol. The zero-order valence-electron chi connectivity index (χ0n) is 11.8. The molecule has 2 nitrogen and oxygen atoms in total. The van der Waals surface area contributed by atoms with Crippen molar-refractivity contribution < 1.29 is 8.78 Å². The Hall–Kier alpha value is -1.52. The van der Waals surface area contributed by atoms with Crippen molar-refractivity contribution in [3.63, 3.8) is 0 Å². The van der Waals surface area contributed by atoms with Crippen molar-refractivity contribution in [1.29, 1.82) is 0 Å². The van der Waals surface area contributed by atoms with Crippen LogP contribution in [0.2, 0.25) is 0 Å². The van der Waals surface area contributed by atoms with Gasteiger partial charge in [0.1, 0.15) is 0 Å². The zero-order chi connectivity index (χ0) is 14.5. The van der Waals surface area contributed by atoms with E-state index in [-0.39, 0.29) is 12.6 Å². The van der Waals surface area contributed by atoms with E-state index in [9.17, 15) is 8.78 Å². The maximum Gasteiger partial charge on any atom is 0.251 e. The average molecular weight is 278 g/mol. The number of likely N-dealkylation sites (N-methyl/N-ethyl adjacent to an activating group) is 2. The van der Waals surface area contributed by atoms with Gasteiger partial charge >= 0.3 is 0 Å². The third-order valence-electron chi connectivity index (χ3n) is 3.47. The fourth-order valence-electron chi connectivity index (χ4n) is 2.41. The summed E-state index contributed by atoms with van der Waals surface area (Å²) in [4.78, 5) is 1.65. The van der Waals surface area contributed by atoms with Gasteiger partial charge in [0.05, 0.1) is 6.54 Å². The largest absolute Gasteiger partial charge is 0.312 e. The molecule has 0 fully saturated rings. The van der Waals surface area contributed by atoms with Gasteiger partial charge in [-0.1, -0.05) is 36.4 Å². The fourth-order valence-corrected chi connectivity index (χ4v) is 2.41. The van der Waals surface area contributed by atoms with Crippen molar-refractivity contribution in [3.8, 4) is 0 Å². The lowest BCUT2D eigenvalue weighted by Crippen LogP contribution is -2.34. The molecule has 2 rings (SSSR count).